The first-order valence-corrected chi connectivity index (χ1v) is 8.49. The molecular formula is C16H24N6O2. The topological polar surface area (TPSA) is 89.2 Å². The highest BCUT2D eigenvalue weighted by Crippen LogP contribution is 2.20. The molecular weight excluding hydrogens is 308 g/mol. The van der Waals surface area contributed by atoms with Crippen LogP contribution in [-0.4, -0.2) is 46.4 Å². The van der Waals surface area contributed by atoms with Crippen LogP contribution in [-0.2, 0) is 17.6 Å². The monoisotopic (exact) mass is 332 g/mol. The molecule has 1 saturated heterocycles. The molecule has 1 aliphatic rings. The maximum absolute atomic E-state index is 5.40. The van der Waals surface area contributed by atoms with Crippen LogP contribution in [0.2, 0.25) is 0 Å². The van der Waals surface area contributed by atoms with Gasteiger partial charge in [0, 0.05) is 31.3 Å². The van der Waals surface area contributed by atoms with Gasteiger partial charge in [-0.15, -0.1) is 0 Å². The lowest BCUT2D eigenvalue weighted by atomic mass is 10.3. The number of aryl methyl sites for hydroxylation is 2. The van der Waals surface area contributed by atoms with Crippen molar-refractivity contribution in [2.75, 3.05) is 36.5 Å². The third kappa shape index (κ3) is 3.81. The fourth-order valence-corrected chi connectivity index (χ4v) is 2.51. The first-order chi connectivity index (χ1) is 11.7. The zero-order valence-corrected chi connectivity index (χ0v) is 14.4. The Morgan fingerprint density at radius 1 is 1.17 bits per heavy atom. The molecule has 1 aliphatic heterocycles. The Morgan fingerprint density at radius 2 is 1.96 bits per heavy atom. The SMILES string of the molecule is CCc1cc(N[C@H](C)c2nc(CC)no2)nc(N2CCOCC2)n1. The van der Waals surface area contributed by atoms with Crippen LogP contribution in [0.25, 0.3) is 0 Å². The summed E-state index contributed by atoms with van der Waals surface area (Å²) >= 11 is 0. The second kappa shape index (κ2) is 7.57. The molecule has 0 unspecified atom stereocenters. The highest BCUT2D eigenvalue weighted by Gasteiger charge is 2.18. The van der Waals surface area contributed by atoms with E-state index in [0.29, 0.717) is 24.9 Å². The van der Waals surface area contributed by atoms with Crippen LogP contribution in [0.4, 0.5) is 11.8 Å². The van der Waals surface area contributed by atoms with Crippen molar-refractivity contribution in [1.82, 2.24) is 20.1 Å². The van der Waals surface area contributed by atoms with Crippen molar-refractivity contribution in [2.24, 2.45) is 0 Å². The van der Waals surface area contributed by atoms with Crippen molar-refractivity contribution in [3.63, 3.8) is 0 Å². The van der Waals surface area contributed by atoms with E-state index in [4.69, 9.17) is 9.26 Å². The van der Waals surface area contributed by atoms with E-state index in [2.05, 4.69) is 37.2 Å². The van der Waals surface area contributed by atoms with E-state index in [-0.39, 0.29) is 6.04 Å². The van der Waals surface area contributed by atoms with Crippen LogP contribution in [0.1, 0.15) is 44.2 Å². The molecule has 0 aliphatic carbocycles. The molecule has 1 fully saturated rings. The number of hydrogen-bond acceptors (Lipinski definition) is 8. The number of aromatic nitrogens is 4. The number of nitrogens with zero attached hydrogens (tertiary/aromatic N) is 5. The smallest absolute Gasteiger partial charge is 0.248 e. The summed E-state index contributed by atoms with van der Waals surface area (Å²) < 4.78 is 10.7. The Morgan fingerprint density at radius 3 is 2.62 bits per heavy atom. The van der Waals surface area contributed by atoms with Crippen LogP contribution >= 0.6 is 0 Å². The first kappa shape index (κ1) is 16.6. The zero-order chi connectivity index (χ0) is 16.9. The fourth-order valence-electron chi connectivity index (χ4n) is 2.51. The summed E-state index contributed by atoms with van der Waals surface area (Å²) in [6, 6.07) is 1.85. The van der Waals surface area contributed by atoms with E-state index >= 15 is 0 Å². The van der Waals surface area contributed by atoms with Gasteiger partial charge in [0.25, 0.3) is 0 Å². The summed E-state index contributed by atoms with van der Waals surface area (Å²) in [5, 5.41) is 7.29. The predicted molar refractivity (Wildman–Crippen MR) is 90.2 cm³/mol. The molecule has 2 aromatic rings. The van der Waals surface area contributed by atoms with E-state index in [0.717, 1.165) is 43.4 Å². The minimum atomic E-state index is -0.116. The van der Waals surface area contributed by atoms with Crippen molar-refractivity contribution in [2.45, 2.75) is 39.7 Å². The predicted octanol–water partition coefficient (Wildman–Crippen LogP) is 1.99. The molecule has 0 bridgehead atoms. The molecule has 130 valence electrons. The van der Waals surface area contributed by atoms with Crippen LogP contribution < -0.4 is 10.2 Å². The number of hydrogen-bond donors (Lipinski definition) is 1. The molecule has 8 nitrogen and oxygen atoms in total. The normalized spacial score (nSPS) is 16.2. The quantitative estimate of drug-likeness (QED) is 0.859. The maximum Gasteiger partial charge on any atom is 0.248 e. The molecule has 1 atom stereocenters. The third-order valence-corrected chi connectivity index (χ3v) is 3.96. The van der Waals surface area contributed by atoms with Crippen LogP contribution in [0.5, 0.6) is 0 Å². The number of nitrogens with one attached hydrogen (secondary N) is 1. The van der Waals surface area contributed by atoms with Crippen LogP contribution in [0.3, 0.4) is 0 Å². The molecule has 0 spiro atoms. The summed E-state index contributed by atoms with van der Waals surface area (Å²) in [7, 11) is 0. The highest BCUT2D eigenvalue weighted by atomic mass is 16.5. The summed E-state index contributed by atoms with van der Waals surface area (Å²) in [4.78, 5) is 15.8. The molecule has 0 saturated carbocycles. The number of rotatable bonds is 6. The van der Waals surface area contributed by atoms with Crippen molar-refractivity contribution in [3.8, 4) is 0 Å². The van der Waals surface area contributed by atoms with Gasteiger partial charge >= 0.3 is 0 Å². The molecule has 3 rings (SSSR count). The number of anilines is 2. The largest absolute Gasteiger partial charge is 0.378 e. The third-order valence-electron chi connectivity index (χ3n) is 3.96. The summed E-state index contributed by atoms with van der Waals surface area (Å²) in [5.41, 5.74) is 1.00. The van der Waals surface area contributed by atoms with Crippen molar-refractivity contribution < 1.29 is 9.26 Å². The van der Waals surface area contributed by atoms with E-state index in [1.165, 1.54) is 0 Å². The Bertz CT molecular complexity index is 668. The van der Waals surface area contributed by atoms with Gasteiger partial charge in [0.2, 0.25) is 11.8 Å². The second-order valence-electron chi connectivity index (χ2n) is 5.77. The highest BCUT2D eigenvalue weighted by molar-refractivity contribution is 5.45. The molecule has 24 heavy (non-hydrogen) atoms. The zero-order valence-electron chi connectivity index (χ0n) is 14.4. The van der Waals surface area contributed by atoms with Gasteiger partial charge in [0.15, 0.2) is 5.82 Å². The first-order valence-electron chi connectivity index (χ1n) is 8.49. The molecule has 1 N–H and O–H groups in total. The van der Waals surface area contributed by atoms with Gasteiger partial charge in [-0.3, -0.25) is 0 Å². The van der Waals surface area contributed by atoms with Gasteiger partial charge in [-0.2, -0.15) is 9.97 Å². The minimum absolute atomic E-state index is 0.116. The molecule has 0 radical (unpaired) electrons. The van der Waals surface area contributed by atoms with Crippen molar-refractivity contribution in [1.29, 1.82) is 0 Å². The van der Waals surface area contributed by atoms with Gasteiger partial charge in [0.1, 0.15) is 11.9 Å². The van der Waals surface area contributed by atoms with Gasteiger partial charge in [-0.1, -0.05) is 19.0 Å². The standard InChI is InChI=1S/C16H24N6O2/c1-4-12-10-14(17-11(3)15-19-13(5-2)21-24-15)20-16(18-12)22-6-8-23-9-7-22/h10-11H,4-9H2,1-3H3,(H,17,18,20)/t11-/m1/s1. The summed E-state index contributed by atoms with van der Waals surface area (Å²) in [5.74, 6) is 2.79. The van der Waals surface area contributed by atoms with Crippen molar-refractivity contribution in [3.05, 3.63) is 23.5 Å². The molecule has 3 heterocycles. The van der Waals surface area contributed by atoms with E-state index in [9.17, 15) is 0 Å². The lowest BCUT2D eigenvalue weighted by molar-refractivity contribution is 0.122. The van der Waals surface area contributed by atoms with Crippen molar-refractivity contribution >= 4 is 11.8 Å². The summed E-state index contributed by atoms with van der Waals surface area (Å²) in [6.07, 6.45) is 1.61. The lowest BCUT2D eigenvalue weighted by Gasteiger charge is -2.27. The second-order valence-corrected chi connectivity index (χ2v) is 5.77. The van der Waals surface area contributed by atoms with Gasteiger partial charge in [0.05, 0.1) is 13.2 Å². The molecule has 8 heteroatoms. The maximum atomic E-state index is 5.40. The lowest BCUT2D eigenvalue weighted by Crippen LogP contribution is -2.37. The molecule has 2 aromatic heterocycles. The molecule has 0 aromatic carbocycles. The Labute approximate surface area is 141 Å². The Kier molecular flexibility index (Phi) is 5.24. The summed E-state index contributed by atoms with van der Waals surface area (Å²) in [6.45, 7) is 9.11. The van der Waals surface area contributed by atoms with Gasteiger partial charge in [-0.25, -0.2) is 4.98 Å². The number of morpholine rings is 1. The average molecular weight is 332 g/mol. The van der Waals surface area contributed by atoms with Gasteiger partial charge < -0.3 is 19.5 Å². The minimum Gasteiger partial charge on any atom is -0.378 e. The Balaban J connectivity index is 1.78. The van der Waals surface area contributed by atoms with E-state index in [1.54, 1.807) is 0 Å². The molecule has 0 amide bonds. The van der Waals surface area contributed by atoms with Crippen LogP contribution in [0, 0.1) is 0 Å². The van der Waals surface area contributed by atoms with Gasteiger partial charge in [-0.05, 0) is 13.3 Å². The fraction of sp³-hybridized carbons (Fsp3) is 0.625. The Hall–Kier alpha value is -2.22. The number of ether oxygens (including phenoxy) is 1. The van der Waals surface area contributed by atoms with E-state index < -0.39 is 0 Å². The van der Waals surface area contributed by atoms with E-state index in [1.807, 2.05) is 19.9 Å². The average Bonchev–Trinajstić information content (AvgIpc) is 3.11. The van der Waals surface area contributed by atoms with Crippen LogP contribution in [0.15, 0.2) is 10.6 Å².